The van der Waals surface area contributed by atoms with Crippen LogP contribution in [-0.4, -0.2) is 11.0 Å². The molecule has 2 nitrogen and oxygen atoms in total. The molecule has 14 heavy (non-hydrogen) atoms. The molecule has 0 spiro atoms. The Hall–Kier alpha value is -1.28. The fourth-order valence-corrected chi connectivity index (χ4v) is 1.76. The lowest BCUT2D eigenvalue weighted by atomic mass is 10.1. The van der Waals surface area contributed by atoms with Gasteiger partial charge in [-0.15, -0.1) is 0 Å². The quantitative estimate of drug-likeness (QED) is 0.757. The number of hydrogen-bond donors (Lipinski definition) is 2. The van der Waals surface area contributed by atoms with Crippen molar-refractivity contribution < 1.29 is 0 Å². The van der Waals surface area contributed by atoms with Gasteiger partial charge in [-0.05, 0) is 42.0 Å². The molecule has 1 saturated carbocycles. The van der Waals surface area contributed by atoms with Crippen LogP contribution < -0.4 is 5.32 Å². The third-order valence-electron chi connectivity index (χ3n) is 2.79. The molecule has 2 N–H and O–H groups in total. The van der Waals surface area contributed by atoms with Gasteiger partial charge in [-0.3, -0.25) is 0 Å². The number of benzene rings is 1. The van der Waals surface area contributed by atoms with Gasteiger partial charge in [0.05, 0.1) is 0 Å². The minimum absolute atomic E-state index is 0.789. The fraction of sp³-hybridized carbons (Fsp3) is 0.333. The molecule has 0 amide bonds. The van der Waals surface area contributed by atoms with Crippen LogP contribution in [0.2, 0.25) is 0 Å². The highest BCUT2D eigenvalue weighted by Crippen LogP contribution is 2.20. The van der Waals surface area contributed by atoms with Gasteiger partial charge in [0.15, 0.2) is 0 Å². The Labute approximate surface area is 83.3 Å². The van der Waals surface area contributed by atoms with Crippen molar-refractivity contribution in [1.29, 1.82) is 0 Å². The molecular weight excluding hydrogens is 172 g/mol. The average molecular weight is 186 g/mol. The Balaban J connectivity index is 1.81. The summed E-state index contributed by atoms with van der Waals surface area (Å²) < 4.78 is 0. The van der Waals surface area contributed by atoms with Gasteiger partial charge < -0.3 is 10.3 Å². The molecule has 3 rings (SSSR count). The highest BCUT2D eigenvalue weighted by atomic mass is 14.9. The van der Waals surface area contributed by atoms with Crippen LogP contribution in [0.3, 0.4) is 0 Å². The normalized spacial score (nSPS) is 16.3. The zero-order valence-electron chi connectivity index (χ0n) is 8.09. The van der Waals surface area contributed by atoms with E-state index in [2.05, 4.69) is 34.6 Å². The summed E-state index contributed by atoms with van der Waals surface area (Å²) >= 11 is 0. The predicted molar refractivity (Wildman–Crippen MR) is 58.2 cm³/mol. The molecule has 0 aliphatic heterocycles. The second-order valence-electron chi connectivity index (χ2n) is 4.05. The van der Waals surface area contributed by atoms with Gasteiger partial charge in [0, 0.05) is 24.3 Å². The van der Waals surface area contributed by atoms with Gasteiger partial charge in [0.2, 0.25) is 0 Å². The van der Waals surface area contributed by atoms with Gasteiger partial charge >= 0.3 is 0 Å². The number of hydrogen-bond acceptors (Lipinski definition) is 1. The lowest BCUT2D eigenvalue weighted by Crippen LogP contribution is -2.14. The molecule has 2 heteroatoms. The van der Waals surface area contributed by atoms with Gasteiger partial charge in [-0.25, -0.2) is 0 Å². The monoisotopic (exact) mass is 186 g/mol. The Morgan fingerprint density at radius 3 is 3.07 bits per heavy atom. The highest BCUT2D eigenvalue weighted by molar-refractivity contribution is 5.79. The number of aromatic amines is 1. The van der Waals surface area contributed by atoms with Crippen LogP contribution in [0.4, 0.5) is 0 Å². The van der Waals surface area contributed by atoms with Crippen molar-refractivity contribution in [3.63, 3.8) is 0 Å². The zero-order chi connectivity index (χ0) is 9.38. The molecule has 72 valence electrons. The first-order valence-corrected chi connectivity index (χ1v) is 5.21. The molecule has 1 heterocycles. The molecule has 0 saturated heterocycles. The number of rotatable bonds is 3. The number of nitrogens with one attached hydrogen (secondary N) is 2. The molecule has 1 fully saturated rings. The molecule has 1 aliphatic rings. The molecule has 1 aromatic carbocycles. The summed E-state index contributed by atoms with van der Waals surface area (Å²) in [5.41, 5.74) is 2.60. The second-order valence-corrected chi connectivity index (χ2v) is 4.05. The first-order chi connectivity index (χ1) is 6.92. The Kier molecular flexibility index (Phi) is 1.81. The maximum atomic E-state index is 3.52. The summed E-state index contributed by atoms with van der Waals surface area (Å²) in [7, 11) is 0. The molecule has 0 atom stereocenters. The van der Waals surface area contributed by atoms with E-state index in [9.17, 15) is 0 Å². The second kappa shape index (κ2) is 3.14. The Morgan fingerprint density at radius 1 is 1.29 bits per heavy atom. The summed E-state index contributed by atoms with van der Waals surface area (Å²) in [5.74, 6) is 0. The lowest BCUT2D eigenvalue weighted by molar-refractivity contribution is 0.688. The molecule has 0 bridgehead atoms. The minimum atomic E-state index is 0.789. The van der Waals surface area contributed by atoms with Crippen molar-refractivity contribution in [3.8, 4) is 0 Å². The largest absolute Gasteiger partial charge is 0.361 e. The molecular formula is C12H14N2. The molecule has 1 aliphatic carbocycles. The average Bonchev–Trinajstić information content (AvgIpc) is 2.92. The van der Waals surface area contributed by atoms with Crippen molar-refractivity contribution in [2.24, 2.45) is 0 Å². The zero-order valence-corrected chi connectivity index (χ0v) is 8.09. The van der Waals surface area contributed by atoms with Crippen LogP contribution in [0.15, 0.2) is 30.5 Å². The summed E-state index contributed by atoms with van der Waals surface area (Å²) in [6, 6.07) is 9.50. The number of aromatic nitrogens is 1. The number of fused-ring (bicyclic) bond motifs is 1. The van der Waals surface area contributed by atoms with Crippen molar-refractivity contribution in [3.05, 3.63) is 36.0 Å². The third-order valence-corrected chi connectivity index (χ3v) is 2.79. The smallest absolute Gasteiger partial charge is 0.0454 e. The topological polar surface area (TPSA) is 27.8 Å². The first kappa shape index (κ1) is 8.06. The van der Waals surface area contributed by atoms with E-state index in [4.69, 9.17) is 0 Å². The van der Waals surface area contributed by atoms with Crippen LogP contribution in [0.5, 0.6) is 0 Å². The SMILES string of the molecule is c1cc2cc(CNC3CC3)ccc2[nH]1. The summed E-state index contributed by atoms with van der Waals surface area (Å²) in [6.07, 6.45) is 4.70. The first-order valence-electron chi connectivity index (χ1n) is 5.21. The van der Waals surface area contributed by atoms with E-state index in [0.29, 0.717) is 0 Å². The van der Waals surface area contributed by atoms with Crippen molar-refractivity contribution in [2.75, 3.05) is 0 Å². The summed E-state index contributed by atoms with van der Waals surface area (Å²) in [5, 5.41) is 4.83. The van der Waals surface area contributed by atoms with E-state index >= 15 is 0 Å². The lowest BCUT2D eigenvalue weighted by Gasteiger charge is -2.02. The molecule has 1 aromatic heterocycles. The fourth-order valence-electron chi connectivity index (χ4n) is 1.76. The molecule has 2 aromatic rings. The van der Waals surface area contributed by atoms with Gasteiger partial charge in [0.25, 0.3) is 0 Å². The minimum Gasteiger partial charge on any atom is -0.361 e. The third kappa shape index (κ3) is 1.53. The van der Waals surface area contributed by atoms with Crippen molar-refractivity contribution in [1.82, 2.24) is 10.3 Å². The molecule has 0 unspecified atom stereocenters. The Bertz CT molecular complexity index is 440. The van der Waals surface area contributed by atoms with Crippen LogP contribution >= 0.6 is 0 Å². The van der Waals surface area contributed by atoms with Crippen LogP contribution in [0.1, 0.15) is 18.4 Å². The summed E-state index contributed by atoms with van der Waals surface area (Å²) in [4.78, 5) is 3.20. The van der Waals surface area contributed by atoms with Crippen LogP contribution in [0.25, 0.3) is 10.9 Å². The number of H-pyrrole nitrogens is 1. The van der Waals surface area contributed by atoms with E-state index in [1.807, 2.05) is 6.20 Å². The van der Waals surface area contributed by atoms with Crippen LogP contribution in [0, 0.1) is 0 Å². The maximum absolute atomic E-state index is 3.52. The van der Waals surface area contributed by atoms with Crippen molar-refractivity contribution >= 4 is 10.9 Å². The van der Waals surface area contributed by atoms with Crippen molar-refractivity contribution in [2.45, 2.75) is 25.4 Å². The Morgan fingerprint density at radius 2 is 2.21 bits per heavy atom. The van der Waals surface area contributed by atoms with E-state index in [0.717, 1.165) is 12.6 Å². The summed E-state index contributed by atoms with van der Waals surface area (Å²) in [6.45, 7) is 1.01. The van der Waals surface area contributed by atoms with Gasteiger partial charge in [-0.2, -0.15) is 0 Å². The molecule has 0 radical (unpaired) electrons. The van der Waals surface area contributed by atoms with E-state index in [1.54, 1.807) is 0 Å². The predicted octanol–water partition coefficient (Wildman–Crippen LogP) is 2.42. The standard InChI is InChI=1S/C12H14N2/c1-4-12-10(5-6-13-12)7-9(1)8-14-11-2-3-11/h1,4-7,11,13-14H,2-3,8H2. The highest BCUT2D eigenvalue weighted by Gasteiger charge is 2.19. The van der Waals surface area contributed by atoms with E-state index < -0.39 is 0 Å². The van der Waals surface area contributed by atoms with Gasteiger partial charge in [-0.1, -0.05) is 6.07 Å². The van der Waals surface area contributed by atoms with E-state index in [1.165, 1.54) is 29.3 Å². The van der Waals surface area contributed by atoms with Gasteiger partial charge in [0.1, 0.15) is 0 Å². The maximum Gasteiger partial charge on any atom is 0.0454 e. The van der Waals surface area contributed by atoms with E-state index in [-0.39, 0.29) is 0 Å². The van der Waals surface area contributed by atoms with Crippen LogP contribution in [-0.2, 0) is 6.54 Å².